The van der Waals surface area contributed by atoms with Crippen LogP contribution in [0.1, 0.15) is 40.0 Å². The third-order valence-corrected chi connectivity index (χ3v) is 6.54. The average molecular weight is 370 g/mol. The van der Waals surface area contributed by atoms with Crippen molar-refractivity contribution >= 4 is 17.7 Å². The SMILES string of the molecule is CCNC(=NCC(C)CN1CCN(CC)CC1)NC1CCC(SC)C1. The minimum Gasteiger partial charge on any atom is -0.357 e. The Morgan fingerprint density at radius 2 is 1.88 bits per heavy atom. The van der Waals surface area contributed by atoms with Crippen LogP contribution in [0.3, 0.4) is 0 Å². The van der Waals surface area contributed by atoms with Gasteiger partial charge in [0.15, 0.2) is 5.96 Å². The van der Waals surface area contributed by atoms with E-state index >= 15 is 0 Å². The van der Waals surface area contributed by atoms with E-state index in [9.17, 15) is 0 Å². The first-order valence-corrected chi connectivity index (χ1v) is 11.5. The lowest BCUT2D eigenvalue weighted by molar-refractivity contribution is 0.125. The number of piperazine rings is 1. The molecule has 1 heterocycles. The van der Waals surface area contributed by atoms with Crippen LogP contribution in [0.5, 0.6) is 0 Å². The summed E-state index contributed by atoms with van der Waals surface area (Å²) in [6.45, 7) is 15.8. The van der Waals surface area contributed by atoms with Crippen LogP contribution < -0.4 is 10.6 Å². The highest BCUT2D eigenvalue weighted by Crippen LogP contribution is 2.28. The number of hydrogen-bond acceptors (Lipinski definition) is 4. The summed E-state index contributed by atoms with van der Waals surface area (Å²) in [6.07, 6.45) is 6.10. The lowest BCUT2D eigenvalue weighted by Gasteiger charge is -2.35. The lowest BCUT2D eigenvalue weighted by atomic mass is 10.1. The number of guanidine groups is 1. The first kappa shape index (κ1) is 20.8. The van der Waals surface area contributed by atoms with Crippen molar-refractivity contribution in [1.29, 1.82) is 0 Å². The molecule has 0 aromatic carbocycles. The summed E-state index contributed by atoms with van der Waals surface area (Å²) in [5.74, 6) is 1.61. The summed E-state index contributed by atoms with van der Waals surface area (Å²) >= 11 is 2.01. The maximum absolute atomic E-state index is 4.87. The number of nitrogens with one attached hydrogen (secondary N) is 2. The Balaban J connectivity index is 1.74. The standard InChI is InChI=1S/C19H39N5S/c1-5-20-19(22-17-7-8-18(13-17)25-4)21-14-16(3)15-24-11-9-23(6-2)10-12-24/h16-18H,5-15H2,1-4H3,(H2,20,21,22). The van der Waals surface area contributed by atoms with Gasteiger partial charge in [0.1, 0.15) is 0 Å². The maximum Gasteiger partial charge on any atom is 0.191 e. The summed E-state index contributed by atoms with van der Waals surface area (Å²) in [7, 11) is 0. The van der Waals surface area contributed by atoms with Crippen molar-refractivity contribution < 1.29 is 0 Å². The molecule has 0 bridgehead atoms. The highest BCUT2D eigenvalue weighted by molar-refractivity contribution is 7.99. The van der Waals surface area contributed by atoms with Gasteiger partial charge in [-0.1, -0.05) is 13.8 Å². The molecule has 0 aromatic heterocycles. The molecule has 1 aliphatic carbocycles. The van der Waals surface area contributed by atoms with E-state index in [1.807, 2.05) is 11.8 Å². The van der Waals surface area contributed by atoms with E-state index in [-0.39, 0.29) is 0 Å². The summed E-state index contributed by atoms with van der Waals surface area (Å²) in [5, 5.41) is 7.91. The molecule has 0 radical (unpaired) electrons. The van der Waals surface area contributed by atoms with Crippen molar-refractivity contribution in [2.24, 2.45) is 10.9 Å². The quantitative estimate of drug-likeness (QED) is 0.507. The normalized spacial score (nSPS) is 27.4. The molecule has 1 saturated carbocycles. The van der Waals surface area contributed by atoms with Gasteiger partial charge in [-0.3, -0.25) is 4.99 Å². The predicted molar refractivity (Wildman–Crippen MR) is 112 cm³/mol. The molecule has 5 nitrogen and oxygen atoms in total. The molecule has 146 valence electrons. The van der Waals surface area contributed by atoms with Crippen LogP contribution in [-0.2, 0) is 0 Å². The fourth-order valence-corrected chi connectivity index (χ4v) is 4.63. The van der Waals surface area contributed by atoms with Crippen molar-refractivity contribution in [1.82, 2.24) is 20.4 Å². The Morgan fingerprint density at radius 1 is 1.16 bits per heavy atom. The average Bonchev–Trinajstić information content (AvgIpc) is 3.08. The molecule has 1 saturated heterocycles. The molecule has 3 unspecified atom stereocenters. The number of thioether (sulfide) groups is 1. The fraction of sp³-hybridized carbons (Fsp3) is 0.947. The molecule has 0 aromatic rings. The smallest absolute Gasteiger partial charge is 0.191 e. The largest absolute Gasteiger partial charge is 0.357 e. The topological polar surface area (TPSA) is 42.9 Å². The van der Waals surface area contributed by atoms with Gasteiger partial charge in [0.05, 0.1) is 0 Å². The molecule has 0 spiro atoms. The van der Waals surface area contributed by atoms with E-state index in [2.05, 4.69) is 47.5 Å². The van der Waals surface area contributed by atoms with Gasteiger partial charge in [0, 0.05) is 57.1 Å². The first-order chi connectivity index (χ1) is 12.1. The van der Waals surface area contributed by atoms with Crippen LogP contribution in [0.4, 0.5) is 0 Å². The summed E-state index contributed by atoms with van der Waals surface area (Å²) < 4.78 is 0. The van der Waals surface area contributed by atoms with Crippen LogP contribution >= 0.6 is 11.8 Å². The van der Waals surface area contributed by atoms with E-state index in [1.54, 1.807) is 0 Å². The van der Waals surface area contributed by atoms with E-state index < -0.39 is 0 Å². The number of likely N-dealkylation sites (N-methyl/N-ethyl adjacent to an activating group) is 1. The second-order valence-electron chi connectivity index (χ2n) is 7.57. The van der Waals surface area contributed by atoms with Gasteiger partial charge in [-0.2, -0.15) is 11.8 Å². The van der Waals surface area contributed by atoms with Gasteiger partial charge in [0.25, 0.3) is 0 Å². The molecule has 2 rings (SSSR count). The molecule has 2 fully saturated rings. The molecule has 2 N–H and O–H groups in total. The third kappa shape index (κ3) is 7.35. The highest BCUT2D eigenvalue weighted by Gasteiger charge is 2.24. The van der Waals surface area contributed by atoms with Crippen LogP contribution in [0.25, 0.3) is 0 Å². The summed E-state index contributed by atoms with van der Waals surface area (Å²) in [4.78, 5) is 10.0. The Bertz CT molecular complexity index is 395. The minimum atomic E-state index is 0.590. The molecule has 6 heteroatoms. The molecular formula is C19H39N5S. The second-order valence-corrected chi connectivity index (χ2v) is 8.71. The van der Waals surface area contributed by atoms with E-state index in [1.165, 1.54) is 58.5 Å². The van der Waals surface area contributed by atoms with Crippen molar-refractivity contribution in [2.75, 3.05) is 58.6 Å². The van der Waals surface area contributed by atoms with Gasteiger partial charge in [-0.15, -0.1) is 0 Å². The van der Waals surface area contributed by atoms with Crippen LogP contribution in [0, 0.1) is 5.92 Å². The number of aliphatic imine (C=N–C) groups is 1. The Kier molecular flexibility index (Phi) is 9.42. The molecule has 1 aliphatic heterocycles. The fourth-order valence-electron chi connectivity index (χ4n) is 3.83. The Morgan fingerprint density at radius 3 is 2.48 bits per heavy atom. The van der Waals surface area contributed by atoms with Gasteiger partial charge in [0.2, 0.25) is 0 Å². The molecular weight excluding hydrogens is 330 g/mol. The van der Waals surface area contributed by atoms with E-state index in [0.29, 0.717) is 12.0 Å². The highest BCUT2D eigenvalue weighted by atomic mass is 32.2. The summed E-state index contributed by atoms with van der Waals surface area (Å²) in [5.41, 5.74) is 0. The van der Waals surface area contributed by atoms with Gasteiger partial charge in [-0.25, -0.2) is 0 Å². The Labute approximate surface area is 159 Å². The molecule has 3 atom stereocenters. The van der Waals surface area contributed by atoms with Crippen molar-refractivity contribution in [3.63, 3.8) is 0 Å². The summed E-state index contributed by atoms with van der Waals surface area (Å²) in [6, 6.07) is 0.590. The molecule has 0 amide bonds. The first-order valence-electron chi connectivity index (χ1n) is 10.2. The van der Waals surface area contributed by atoms with Gasteiger partial charge < -0.3 is 20.4 Å². The zero-order valence-corrected chi connectivity index (χ0v) is 17.6. The van der Waals surface area contributed by atoms with Crippen molar-refractivity contribution in [2.45, 2.75) is 51.3 Å². The Hall–Kier alpha value is -0.460. The van der Waals surface area contributed by atoms with Gasteiger partial charge >= 0.3 is 0 Å². The predicted octanol–water partition coefficient (Wildman–Crippen LogP) is 2.10. The number of rotatable bonds is 8. The van der Waals surface area contributed by atoms with Crippen LogP contribution in [0.2, 0.25) is 0 Å². The zero-order chi connectivity index (χ0) is 18.1. The molecule has 25 heavy (non-hydrogen) atoms. The van der Waals surface area contributed by atoms with Crippen LogP contribution in [-0.4, -0.2) is 85.7 Å². The van der Waals surface area contributed by atoms with Crippen molar-refractivity contribution in [3.8, 4) is 0 Å². The van der Waals surface area contributed by atoms with E-state index in [4.69, 9.17) is 4.99 Å². The minimum absolute atomic E-state index is 0.590. The monoisotopic (exact) mass is 369 g/mol. The van der Waals surface area contributed by atoms with Crippen molar-refractivity contribution in [3.05, 3.63) is 0 Å². The number of hydrogen-bond donors (Lipinski definition) is 2. The maximum atomic E-state index is 4.87. The second kappa shape index (κ2) is 11.3. The molecule has 2 aliphatic rings. The lowest BCUT2D eigenvalue weighted by Crippen LogP contribution is -2.47. The van der Waals surface area contributed by atoms with E-state index in [0.717, 1.165) is 24.3 Å². The third-order valence-electron chi connectivity index (χ3n) is 5.45. The number of nitrogens with zero attached hydrogens (tertiary/aromatic N) is 3. The van der Waals surface area contributed by atoms with Crippen LogP contribution in [0.15, 0.2) is 4.99 Å². The zero-order valence-electron chi connectivity index (χ0n) is 16.8. The van der Waals surface area contributed by atoms with Gasteiger partial charge in [-0.05, 0) is 44.9 Å².